The maximum atomic E-state index is 13.9. The summed E-state index contributed by atoms with van der Waals surface area (Å²) in [6, 6.07) is 22.3. The van der Waals surface area contributed by atoms with E-state index in [9.17, 15) is 27.6 Å². The van der Waals surface area contributed by atoms with Gasteiger partial charge in [-0.2, -0.15) is 13.2 Å². The van der Waals surface area contributed by atoms with Crippen molar-refractivity contribution in [2.75, 3.05) is 11.4 Å². The number of para-hydroxylation sites is 1. The molecule has 2 atom stereocenters. The van der Waals surface area contributed by atoms with Gasteiger partial charge in [0.25, 0.3) is 0 Å². The number of nitrogens with one attached hydrogen (secondary N) is 2. The molecule has 208 valence electrons. The van der Waals surface area contributed by atoms with E-state index in [0.717, 1.165) is 29.7 Å². The van der Waals surface area contributed by atoms with E-state index in [2.05, 4.69) is 11.9 Å². The number of rotatable bonds is 9. The van der Waals surface area contributed by atoms with Gasteiger partial charge in [-0.15, -0.1) is 0 Å². The minimum atomic E-state index is -5.18. The largest absolute Gasteiger partial charge is 0.471 e. The Hall–Kier alpha value is -4.40. The highest BCUT2D eigenvalue weighted by molar-refractivity contribution is 6.02. The third kappa shape index (κ3) is 7.16. The van der Waals surface area contributed by atoms with Crippen LogP contribution in [0.5, 0.6) is 0 Å². The van der Waals surface area contributed by atoms with Gasteiger partial charge >= 0.3 is 12.1 Å². The van der Waals surface area contributed by atoms with E-state index in [1.54, 1.807) is 40.5 Å². The van der Waals surface area contributed by atoms with Crippen LogP contribution in [0.3, 0.4) is 0 Å². The highest BCUT2D eigenvalue weighted by atomic mass is 19.4. The molecule has 9 heteroatoms. The monoisotopic (exact) mass is 549 g/mol. The number of hydrogen-bond donors (Lipinski definition) is 2. The Labute approximate surface area is 230 Å². The maximum Gasteiger partial charge on any atom is 0.471 e. The molecule has 1 aliphatic rings. The standard InChI is InChI=1S/C31H30F3N3O3/c1-21(23-13-6-3-7-14-23)19-26(29(39)37-18-10-16-24-15-8-9-17-27(24)37)35-28(38)25(36-30(40)31(32,33)34)20-22-11-4-2-5-12-22/h2-9,11-15,17,25-26H,1,10,16,18-20H2,(H,35,38)(H,36,40)/t25-,26+/m0/s1. The van der Waals surface area contributed by atoms with Crippen molar-refractivity contribution in [3.63, 3.8) is 0 Å². The van der Waals surface area contributed by atoms with Gasteiger partial charge in [0.05, 0.1) is 0 Å². The molecule has 1 aliphatic heterocycles. The number of benzene rings is 3. The van der Waals surface area contributed by atoms with Crippen molar-refractivity contribution in [2.45, 2.75) is 43.9 Å². The van der Waals surface area contributed by atoms with Crippen LogP contribution < -0.4 is 15.5 Å². The Kier molecular flexibility index (Phi) is 9.04. The molecule has 0 bridgehead atoms. The predicted molar refractivity (Wildman–Crippen MR) is 147 cm³/mol. The van der Waals surface area contributed by atoms with Crippen LogP contribution in [0.4, 0.5) is 18.9 Å². The van der Waals surface area contributed by atoms with Crippen molar-refractivity contribution < 1.29 is 27.6 Å². The van der Waals surface area contributed by atoms with Gasteiger partial charge in [0.2, 0.25) is 11.8 Å². The maximum absolute atomic E-state index is 13.9. The number of carbonyl (C=O) groups excluding carboxylic acids is 3. The first kappa shape index (κ1) is 28.6. The van der Waals surface area contributed by atoms with Crippen LogP contribution in [-0.2, 0) is 27.2 Å². The quantitative estimate of drug-likeness (QED) is 0.401. The topological polar surface area (TPSA) is 78.5 Å². The average Bonchev–Trinajstić information content (AvgIpc) is 2.96. The van der Waals surface area contributed by atoms with Gasteiger partial charge in [0, 0.05) is 25.1 Å². The van der Waals surface area contributed by atoms with E-state index in [1.165, 1.54) is 0 Å². The Morgan fingerprint density at radius 1 is 0.850 bits per heavy atom. The normalized spacial score (nSPS) is 14.4. The molecule has 6 nitrogen and oxygen atoms in total. The van der Waals surface area contributed by atoms with Crippen molar-refractivity contribution in [1.82, 2.24) is 10.6 Å². The molecule has 0 aliphatic carbocycles. The first-order valence-corrected chi connectivity index (χ1v) is 13.0. The summed E-state index contributed by atoms with van der Waals surface area (Å²) in [5.74, 6) is -3.53. The molecule has 0 saturated carbocycles. The lowest BCUT2D eigenvalue weighted by molar-refractivity contribution is -0.174. The van der Waals surface area contributed by atoms with E-state index in [1.807, 2.05) is 54.6 Å². The number of hydrogen-bond acceptors (Lipinski definition) is 3. The second-order valence-corrected chi connectivity index (χ2v) is 9.67. The summed E-state index contributed by atoms with van der Waals surface area (Å²) >= 11 is 0. The molecule has 2 N–H and O–H groups in total. The first-order chi connectivity index (χ1) is 19.1. The molecule has 40 heavy (non-hydrogen) atoms. The van der Waals surface area contributed by atoms with E-state index >= 15 is 0 Å². The Morgan fingerprint density at radius 3 is 2.15 bits per heavy atom. The van der Waals surface area contributed by atoms with Crippen LogP contribution in [0.25, 0.3) is 5.57 Å². The average molecular weight is 550 g/mol. The Balaban J connectivity index is 1.62. The van der Waals surface area contributed by atoms with Crippen LogP contribution in [0.15, 0.2) is 91.5 Å². The molecule has 0 spiro atoms. The number of halogens is 3. The molecule has 3 aromatic rings. The van der Waals surface area contributed by atoms with Crippen molar-refractivity contribution in [3.8, 4) is 0 Å². The molecule has 1 heterocycles. The van der Waals surface area contributed by atoms with Gasteiger partial charge in [-0.3, -0.25) is 14.4 Å². The summed E-state index contributed by atoms with van der Waals surface area (Å²) in [7, 11) is 0. The van der Waals surface area contributed by atoms with Crippen LogP contribution in [0.2, 0.25) is 0 Å². The minimum Gasteiger partial charge on any atom is -0.342 e. The zero-order valence-corrected chi connectivity index (χ0v) is 21.8. The lowest BCUT2D eigenvalue weighted by Crippen LogP contribution is -2.57. The van der Waals surface area contributed by atoms with E-state index in [-0.39, 0.29) is 12.8 Å². The van der Waals surface area contributed by atoms with E-state index < -0.39 is 36.0 Å². The number of amides is 3. The van der Waals surface area contributed by atoms with Gasteiger partial charge in [-0.1, -0.05) is 85.4 Å². The fourth-order valence-electron chi connectivity index (χ4n) is 4.76. The van der Waals surface area contributed by atoms with Crippen LogP contribution in [0, 0.1) is 0 Å². The van der Waals surface area contributed by atoms with Gasteiger partial charge in [-0.05, 0) is 41.2 Å². The fourth-order valence-corrected chi connectivity index (χ4v) is 4.76. The fraction of sp³-hybridized carbons (Fsp3) is 0.258. The van der Waals surface area contributed by atoms with Crippen molar-refractivity contribution in [1.29, 1.82) is 0 Å². The van der Waals surface area contributed by atoms with Crippen molar-refractivity contribution in [3.05, 3.63) is 108 Å². The minimum absolute atomic E-state index is 0.0263. The van der Waals surface area contributed by atoms with Crippen LogP contribution in [0.1, 0.15) is 29.5 Å². The molecular formula is C31H30F3N3O3. The van der Waals surface area contributed by atoms with E-state index in [0.29, 0.717) is 17.7 Å². The molecule has 4 rings (SSSR count). The lowest BCUT2D eigenvalue weighted by atomic mass is 9.96. The number of aryl methyl sites for hydroxylation is 1. The Bertz CT molecular complexity index is 1360. The van der Waals surface area contributed by atoms with Crippen LogP contribution >= 0.6 is 0 Å². The second-order valence-electron chi connectivity index (χ2n) is 9.67. The molecular weight excluding hydrogens is 519 g/mol. The molecule has 3 amide bonds. The van der Waals surface area contributed by atoms with Gasteiger partial charge in [0.15, 0.2) is 0 Å². The van der Waals surface area contributed by atoms with Crippen molar-refractivity contribution >= 4 is 29.0 Å². The molecule has 0 fully saturated rings. The SMILES string of the molecule is C=C(C[C@@H](NC(=O)[C@H](Cc1ccccc1)NC(=O)C(F)(F)F)C(=O)N1CCCc2ccccc21)c1ccccc1. The third-order valence-corrected chi connectivity index (χ3v) is 6.79. The number of nitrogens with zero attached hydrogens (tertiary/aromatic N) is 1. The zero-order valence-electron chi connectivity index (χ0n) is 21.8. The first-order valence-electron chi connectivity index (χ1n) is 13.0. The molecule has 0 aromatic heterocycles. The lowest BCUT2D eigenvalue weighted by Gasteiger charge is -2.33. The molecule has 0 saturated heterocycles. The van der Waals surface area contributed by atoms with Crippen molar-refractivity contribution in [2.24, 2.45) is 0 Å². The van der Waals surface area contributed by atoms with Gasteiger partial charge in [-0.25, -0.2) is 0 Å². The predicted octanol–water partition coefficient (Wildman–Crippen LogP) is 4.84. The number of anilines is 1. The van der Waals surface area contributed by atoms with E-state index in [4.69, 9.17) is 0 Å². The van der Waals surface area contributed by atoms with Crippen LogP contribution in [-0.4, -0.2) is 42.5 Å². The van der Waals surface area contributed by atoms with Gasteiger partial charge < -0.3 is 15.5 Å². The smallest absolute Gasteiger partial charge is 0.342 e. The number of carbonyl (C=O) groups is 3. The molecule has 0 unspecified atom stereocenters. The highest BCUT2D eigenvalue weighted by Crippen LogP contribution is 2.29. The highest BCUT2D eigenvalue weighted by Gasteiger charge is 2.41. The third-order valence-electron chi connectivity index (χ3n) is 6.79. The summed E-state index contributed by atoms with van der Waals surface area (Å²) in [5.41, 5.74) is 3.61. The Morgan fingerprint density at radius 2 is 1.48 bits per heavy atom. The molecule has 0 radical (unpaired) electrons. The summed E-state index contributed by atoms with van der Waals surface area (Å²) < 4.78 is 39.4. The summed E-state index contributed by atoms with van der Waals surface area (Å²) in [4.78, 5) is 40.8. The summed E-state index contributed by atoms with van der Waals surface area (Å²) in [5, 5.41) is 4.46. The zero-order chi connectivity index (χ0) is 28.7. The number of fused-ring (bicyclic) bond motifs is 1. The summed E-state index contributed by atoms with van der Waals surface area (Å²) in [6.07, 6.45) is -3.82. The summed E-state index contributed by atoms with van der Waals surface area (Å²) in [6.45, 7) is 4.53. The van der Waals surface area contributed by atoms with Gasteiger partial charge in [0.1, 0.15) is 12.1 Å². The molecule has 3 aromatic carbocycles. The number of alkyl halides is 3. The second kappa shape index (κ2) is 12.6.